The smallest absolute Gasteiger partial charge is 0.275 e. The van der Waals surface area contributed by atoms with Crippen LogP contribution in [0.2, 0.25) is 0 Å². The predicted molar refractivity (Wildman–Crippen MR) is 130 cm³/mol. The van der Waals surface area contributed by atoms with Gasteiger partial charge in [-0.1, -0.05) is 30.3 Å². The first-order chi connectivity index (χ1) is 18.7. The molecule has 3 unspecified atom stereocenters. The third-order valence-corrected chi connectivity index (χ3v) is 7.81. The molecule has 2 aliphatic heterocycles. The SMILES string of the molecule is O=C(NCc1c(F)cc(F)cc1F)c1cn2c(c(OCc3ccccc3)c1=O)C(=O)N1C(C2)C2CC1[C@H](F)C2. The van der Waals surface area contributed by atoms with Crippen LogP contribution in [0.1, 0.15) is 44.8 Å². The molecule has 1 N–H and O–H groups in total. The highest BCUT2D eigenvalue weighted by molar-refractivity contribution is 5.99. The summed E-state index contributed by atoms with van der Waals surface area (Å²) in [4.78, 5) is 41.7. The van der Waals surface area contributed by atoms with Gasteiger partial charge in [0.15, 0.2) is 11.4 Å². The number of halogens is 4. The average Bonchev–Trinajstić information content (AvgIpc) is 3.45. The van der Waals surface area contributed by atoms with Gasteiger partial charge in [-0.3, -0.25) is 14.4 Å². The van der Waals surface area contributed by atoms with Crippen molar-refractivity contribution < 1.29 is 31.9 Å². The van der Waals surface area contributed by atoms with Crippen LogP contribution in [0.3, 0.4) is 0 Å². The largest absolute Gasteiger partial charge is 0.483 e. The Morgan fingerprint density at radius 1 is 1.03 bits per heavy atom. The molecular formula is C28H23F4N3O4. The monoisotopic (exact) mass is 541 g/mol. The minimum atomic E-state index is -1.19. The highest BCUT2D eigenvalue weighted by Gasteiger charge is 2.56. The van der Waals surface area contributed by atoms with Gasteiger partial charge in [-0.25, -0.2) is 17.6 Å². The Hall–Kier alpha value is -4.15. The Kier molecular flexibility index (Phi) is 6.16. The number of hydrogen-bond acceptors (Lipinski definition) is 4. The zero-order chi connectivity index (χ0) is 27.4. The van der Waals surface area contributed by atoms with E-state index in [0.717, 1.165) is 0 Å². The molecule has 11 heteroatoms. The van der Waals surface area contributed by atoms with Crippen LogP contribution in [0, 0.1) is 23.4 Å². The molecule has 1 saturated carbocycles. The molecular weight excluding hydrogens is 518 g/mol. The van der Waals surface area contributed by atoms with E-state index >= 15 is 0 Å². The van der Waals surface area contributed by atoms with Crippen molar-refractivity contribution in [3.8, 4) is 5.75 Å². The van der Waals surface area contributed by atoms with Crippen LogP contribution in [0.4, 0.5) is 17.6 Å². The molecule has 3 aliphatic rings. The number of aromatic nitrogens is 1. The molecule has 2 aromatic carbocycles. The van der Waals surface area contributed by atoms with Gasteiger partial charge >= 0.3 is 0 Å². The molecule has 1 aliphatic carbocycles. The van der Waals surface area contributed by atoms with Crippen LogP contribution >= 0.6 is 0 Å². The van der Waals surface area contributed by atoms with Crippen molar-refractivity contribution >= 4 is 11.8 Å². The number of nitrogens with zero attached hydrogens (tertiary/aromatic N) is 2. The second-order valence-corrected chi connectivity index (χ2v) is 10.1. The van der Waals surface area contributed by atoms with Crippen LogP contribution in [0.15, 0.2) is 53.5 Å². The number of carbonyl (C=O) groups is 2. The number of nitrogens with one attached hydrogen (secondary N) is 1. The molecule has 0 spiro atoms. The number of pyridine rings is 1. The summed E-state index contributed by atoms with van der Waals surface area (Å²) in [6, 6.07) is 9.00. The number of ether oxygens (including phenoxy) is 1. The van der Waals surface area contributed by atoms with E-state index in [4.69, 9.17) is 4.74 Å². The minimum absolute atomic E-state index is 0.0445. The Balaban J connectivity index is 1.36. The van der Waals surface area contributed by atoms with Crippen molar-refractivity contribution in [1.82, 2.24) is 14.8 Å². The summed E-state index contributed by atoms with van der Waals surface area (Å²) in [7, 11) is 0. The number of hydrogen-bond donors (Lipinski definition) is 1. The highest BCUT2D eigenvalue weighted by Crippen LogP contribution is 2.47. The molecule has 3 aromatic rings. The van der Waals surface area contributed by atoms with E-state index in [1.807, 2.05) is 0 Å². The Morgan fingerprint density at radius 3 is 2.46 bits per heavy atom. The maximum absolute atomic E-state index is 14.5. The molecule has 7 nitrogen and oxygen atoms in total. The van der Waals surface area contributed by atoms with E-state index in [2.05, 4.69) is 5.32 Å². The van der Waals surface area contributed by atoms with Crippen LogP contribution < -0.4 is 15.5 Å². The Bertz CT molecular complexity index is 1520. The van der Waals surface area contributed by atoms with Gasteiger partial charge in [0.25, 0.3) is 11.8 Å². The second kappa shape index (κ2) is 9.55. The number of fused-ring (bicyclic) bond motifs is 6. The molecule has 6 rings (SSSR count). The zero-order valence-corrected chi connectivity index (χ0v) is 20.5. The third-order valence-electron chi connectivity index (χ3n) is 7.81. The van der Waals surface area contributed by atoms with Crippen molar-refractivity contribution in [2.75, 3.05) is 0 Å². The first kappa shape index (κ1) is 25.1. The fourth-order valence-electron chi connectivity index (χ4n) is 5.97. The van der Waals surface area contributed by atoms with Crippen molar-refractivity contribution in [2.45, 2.75) is 50.8 Å². The van der Waals surface area contributed by atoms with Gasteiger partial charge in [0.2, 0.25) is 5.43 Å². The fourth-order valence-corrected chi connectivity index (χ4v) is 5.97. The lowest BCUT2D eigenvalue weighted by Crippen LogP contribution is -2.55. The maximum atomic E-state index is 14.5. The van der Waals surface area contributed by atoms with Crippen LogP contribution in [-0.4, -0.2) is 39.5 Å². The van der Waals surface area contributed by atoms with Gasteiger partial charge in [-0.2, -0.15) is 0 Å². The average molecular weight is 542 g/mol. The summed E-state index contributed by atoms with van der Waals surface area (Å²) in [5, 5.41) is 2.30. The van der Waals surface area contributed by atoms with E-state index in [1.54, 1.807) is 30.3 Å². The summed E-state index contributed by atoms with van der Waals surface area (Å²) in [5.41, 5.74) is -1.21. The summed E-state index contributed by atoms with van der Waals surface area (Å²) >= 11 is 0. The molecule has 39 heavy (non-hydrogen) atoms. The van der Waals surface area contributed by atoms with Gasteiger partial charge in [-0.15, -0.1) is 0 Å². The topological polar surface area (TPSA) is 80.6 Å². The van der Waals surface area contributed by atoms with E-state index in [9.17, 15) is 31.9 Å². The van der Waals surface area contributed by atoms with Crippen molar-refractivity contribution in [2.24, 2.45) is 5.92 Å². The van der Waals surface area contributed by atoms with Gasteiger partial charge in [0.05, 0.1) is 12.1 Å². The van der Waals surface area contributed by atoms with Gasteiger partial charge < -0.3 is 19.5 Å². The molecule has 3 heterocycles. The summed E-state index contributed by atoms with van der Waals surface area (Å²) in [6.45, 7) is -0.484. The molecule has 1 aromatic heterocycles. The van der Waals surface area contributed by atoms with E-state index in [0.29, 0.717) is 30.5 Å². The number of carbonyl (C=O) groups excluding carboxylic acids is 2. The first-order valence-electron chi connectivity index (χ1n) is 12.6. The Morgan fingerprint density at radius 2 is 1.74 bits per heavy atom. The van der Waals surface area contributed by atoms with Gasteiger partial charge in [0, 0.05) is 37.0 Å². The summed E-state index contributed by atoms with van der Waals surface area (Å²) in [6.07, 6.45) is 0.959. The Labute approximate surface area is 220 Å². The van der Waals surface area contributed by atoms with Crippen LogP contribution in [0.5, 0.6) is 5.75 Å². The first-order valence-corrected chi connectivity index (χ1v) is 12.6. The summed E-state index contributed by atoms with van der Waals surface area (Å²) in [5.74, 6) is -5.36. The van der Waals surface area contributed by atoms with E-state index in [-0.39, 0.29) is 36.6 Å². The lowest BCUT2D eigenvalue weighted by molar-refractivity contribution is 0.0313. The normalized spacial score (nSPS) is 23.0. The zero-order valence-electron chi connectivity index (χ0n) is 20.5. The third kappa shape index (κ3) is 4.25. The predicted octanol–water partition coefficient (Wildman–Crippen LogP) is 3.73. The standard InChI is InChI=1S/C28H23F4N3O4/c29-16-8-19(30)17(20(31)9-16)10-33-27(37)18-11-34-12-23-15-6-21(32)22(7-15)35(23)28(38)24(34)26(25(18)36)39-13-14-4-2-1-3-5-14/h1-5,8-9,11,15,21-23H,6-7,10,12-13H2,(H,33,37)/t15?,21-,22?,23?/m1/s1. The number of piperidine rings is 1. The molecule has 2 bridgehead atoms. The molecule has 0 radical (unpaired) electrons. The fraction of sp³-hybridized carbons (Fsp3) is 0.321. The van der Waals surface area contributed by atoms with Crippen molar-refractivity contribution in [3.05, 3.63) is 98.7 Å². The van der Waals surface area contributed by atoms with Gasteiger partial charge in [0.1, 0.15) is 35.8 Å². The van der Waals surface area contributed by atoms with E-state index in [1.165, 1.54) is 15.7 Å². The van der Waals surface area contributed by atoms with E-state index < -0.39 is 64.6 Å². The van der Waals surface area contributed by atoms with Crippen molar-refractivity contribution in [3.63, 3.8) is 0 Å². The number of rotatable bonds is 6. The van der Waals surface area contributed by atoms with Crippen LogP contribution in [0.25, 0.3) is 0 Å². The second-order valence-electron chi connectivity index (χ2n) is 10.1. The number of amides is 2. The molecule has 1 saturated heterocycles. The number of alkyl halides is 1. The molecule has 202 valence electrons. The van der Waals surface area contributed by atoms with Crippen molar-refractivity contribution in [1.29, 1.82) is 0 Å². The summed E-state index contributed by atoms with van der Waals surface area (Å²) < 4.78 is 63.3. The maximum Gasteiger partial charge on any atom is 0.275 e. The molecule has 2 amide bonds. The molecule has 4 atom stereocenters. The molecule has 2 fully saturated rings. The highest BCUT2D eigenvalue weighted by atomic mass is 19.1. The van der Waals surface area contributed by atoms with Crippen LogP contribution in [-0.2, 0) is 19.7 Å². The number of benzene rings is 2. The van der Waals surface area contributed by atoms with Gasteiger partial charge in [-0.05, 0) is 24.3 Å². The lowest BCUT2D eigenvalue weighted by atomic mass is 9.95. The lowest BCUT2D eigenvalue weighted by Gasteiger charge is -2.41. The minimum Gasteiger partial charge on any atom is -0.483 e. The quantitative estimate of drug-likeness (QED) is 0.483.